The molecule has 11 rings (SSSR count). The van der Waals surface area contributed by atoms with E-state index in [2.05, 4.69) is 228 Å². The Bertz CT molecular complexity index is 2810. The van der Waals surface area contributed by atoms with Crippen LogP contribution in [0.25, 0.3) is 21.9 Å². The second-order valence-electron chi connectivity index (χ2n) is 14.5. The van der Waals surface area contributed by atoms with E-state index in [1.54, 1.807) is 0 Å². The van der Waals surface area contributed by atoms with Crippen molar-refractivity contribution in [1.29, 1.82) is 0 Å². The SMILES string of the molecule is c1ccc(N(c2ccccc2)c2ccc3c(c2)Sc2ccc4ccccc4c2C32c3ccccc3-c3cc(N(c4ccccc4)c4ccccc4)ccc32)cc1. The van der Waals surface area contributed by atoms with E-state index < -0.39 is 5.41 Å². The Morgan fingerprint density at radius 3 is 1.41 bits per heavy atom. The molecule has 0 N–H and O–H groups in total. The van der Waals surface area contributed by atoms with Gasteiger partial charge in [0.25, 0.3) is 0 Å². The van der Waals surface area contributed by atoms with Gasteiger partial charge in [0, 0.05) is 43.9 Å². The first kappa shape index (κ1) is 32.6. The predicted molar refractivity (Wildman–Crippen MR) is 235 cm³/mol. The van der Waals surface area contributed by atoms with Gasteiger partial charge in [-0.3, -0.25) is 0 Å². The Morgan fingerprint density at radius 2 is 0.804 bits per heavy atom. The Kier molecular flexibility index (Phi) is 7.68. The van der Waals surface area contributed by atoms with E-state index in [1.165, 1.54) is 53.9 Å². The zero-order valence-electron chi connectivity index (χ0n) is 30.6. The normalized spacial score (nSPS) is 14.8. The van der Waals surface area contributed by atoms with Gasteiger partial charge in [0.15, 0.2) is 0 Å². The maximum Gasteiger partial charge on any atom is 0.0741 e. The van der Waals surface area contributed by atoms with Crippen LogP contribution in [0.4, 0.5) is 34.1 Å². The van der Waals surface area contributed by atoms with E-state index in [4.69, 9.17) is 0 Å². The molecule has 264 valence electrons. The average Bonchev–Trinajstić information content (AvgIpc) is 3.55. The van der Waals surface area contributed by atoms with Crippen molar-refractivity contribution in [1.82, 2.24) is 0 Å². The first-order valence-corrected chi connectivity index (χ1v) is 20.0. The number of rotatable bonds is 6. The molecule has 0 fully saturated rings. The highest BCUT2D eigenvalue weighted by Crippen LogP contribution is 2.64. The largest absolute Gasteiger partial charge is 0.310 e. The molecule has 0 aromatic heterocycles. The van der Waals surface area contributed by atoms with Gasteiger partial charge in [-0.05, 0) is 123 Å². The molecule has 3 heteroatoms. The zero-order chi connectivity index (χ0) is 37.1. The molecular formula is C53H36N2S. The van der Waals surface area contributed by atoms with Gasteiger partial charge in [-0.15, -0.1) is 0 Å². The quantitative estimate of drug-likeness (QED) is 0.168. The number of anilines is 6. The molecule has 1 heterocycles. The minimum absolute atomic E-state index is 0.533. The highest BCUT2D eigenvalue weighted by Gasteiger charge is 2.51. The second kappa shape index (κ2) is 13.2. The molecule has 2 nitrogen and oxygen atoms in total. The number of hydrogen-bond donors (Lipinski definition) is 0. The summed E-state index contributed by atoms with van der Waals surface area (Å²) in [4.78, 5) is 7.30. The van der Waals surface area contributed by atoms with E-state index in [9.17, 15) is 0 Å². The van der Waals surface area contributed by atoms with E-state index in [0.717, 1.165) is 34.1 Å². The van der Waals surface area contributed by atoms with Crippen LogP contribution in [-0.4, -0.2) is 0 Å². The number of para-hydroxylation sites is 4. The maximum atomic E-state index is 2.43. The molecule has 0 amide bonds. The van der Waals surface area contributed by atoms with Crippen LogP contribution < -0.4 is 9.80 Å². The van der Waals surface area contributed by atoms with Crippen molar-refractivity contribution >= 4 is 56.7 Å². The molecule has 1 spiro atoms. The number of nitrogens with zero attached hydrogens (tertiary/aromatic N) is 2. The van der Waals surface area contributed by atoms with Gasteiger partial charge >= 0.3 is 0 Å². The van der Waals surface area contributed by atoms with Crippen LogP contribution in [0.15, 0.2) is 228 Å². The number of benzene rings is 9. The summed E-state index contributed by atoms with van der Waals surface area (Å²) in [7, 11) is 0. The lowest BCUT2D eigenvalue weighted by Gasteiger charge is -2.41. The van der Waals surface area contributed by atoms with Crippen LogP contribution in [0, 0.1) is 0 Å². The number of hydrogen-bond acceptors (Lipinski definition) is 3. The fourth-order valence-corrected chi connectivity index (χ4v) is 10.4. The fourth-order valence-electron chi connectivity index (χ4n) is 9.19. The van der Waals surface area contributed by atoms with Gasteiger partial charge in [-0.25, -0.2) is 0 Å². The first-order chi connectivity index (χ1) is 27.8. The van der Waals surface area contributed by atoms with Crippen molar-refractivity contribution in [3.63, 3.8) is 0 Å². The molecule has 1 atom stereocenters. The third kappa shape index (κ3) is 4.98. The molecule has 1 unspecified atom stereocenters. The fraction of sp³-hybridized carbons (Fsp3) is 0.0189. The molecular weight excluding hydrogens is 697 g/mol. The van der Waals surface area contributed by atoms with Crippen LogP contribution in [0.1, 0.15) is 22.3 Å². The van der Waals surface area contributed by atoms with Crippen molar-refractivity contribution in [2.24, 2.45) is 0 Å². The summed E-state index contributed by atoms with van der Waals surface area (Å²) in [5.41, 5.74) is 14.1. The third-order valence-electron chi connectivity index (χ3n) is 11.5. The Balaban J connectivity index is 1.19. The van der Waals surface area contributed by atoms with Crippen LogP contribution >= 0.6 is 11.8 Å². The van der Waals surface area contributed by atoms with Gasteiger partial charge in [-0.1, -0.05) is 151 Å². The van der Waals surface area contributed by atoms with E-state index in [-0.39, 0.29) is 0 Å². The molecule has 2 aliphatic rings. The Hall–Kier alpha value is -6.81. The summed E-state index contributed by atoms with van der Waals surface area (Å²) < 4.78 is 0. The minimum Gasteiger partial charge on any atom is -0.310 e. The van der Waals surface area contributed by atoms with Crippen LogP contribution in [0.2, 0.25) is 0 Å². The standard InChI is InChI=1S/C53H36N2S/c1-5-18-38(19-6-1)54(39-20-7-2-8-21-39)42-30-32-48-46(35-42)45-27-15-16-28-47(45)53(48)49-33-31-43(55(40-22-9-3-10-23-40)41-24-11-4-12-25-41)36-51(49)56-50-34-29-37-17-13-14-26-44(37)52(50)53/h1-36H. The summed E-state index contributed by atoms with van der Waals surface area (Å²) in [5.74, 6) is 0. The van der Waals surface area contributed by atoms with Crippen molar-refractivity contribution in [3.8, 4) is 11.1 Å². The summed E-state index contributed by atoms with van der Waals surface area (Å²) in [6.45, 7) is 0. The lowest BCUT2D eigenvalue weighted by molar-refractivity contribution is 0.730. The first-order valence-electron chi connectivity index (χ1n) is 19.2. The zero-order valence-corrected chi connectivity index (χ0v) is 31.4. The van der Waals surface area contributed by atoms with Crippen LogP contribution in [0.5, 0.6) is 0 Å². The summed E-state index contributed by atoms with van der Waals surface area (Å²) in [6.07, 6.45) is 0. The molecule has 0 saturated carbocycles. The topological polar surface area (TPSA) is 6.48 Å². The van der Waals surface area contributed by atoms with Crippen LogP contribution in [0.3, 0.4) is 0 Å². The lowest BCUT2D eigenvalue weighted by Crippen LogP contribution is -2.32. The second-order valence-corrected chi connectivity index (χ2v) is 15.6. The minimum atomic E-state index is -0.533. The molecule has 1 aliphatic heterocycles. The average molecular weight is 733 g/mol. The summed E-state index contributed by atoms with van der Waals surface area (Å²) in [5, 5.41) is 2.55. The third-order valence-corrected chi connectivity index (χ3v) is 12.6. The number of fused-ring (bicyclic) bond motifs is 11. The van der Waals surface area contributed by atoms with Gasteiger partial charge in [0.1, 0.15) is 0 Å². The van der Waals surface area contributed by atoms with E-state index in [1.807, 2.05) is 11.8 Å². The predicted octanol–water partition coefficient (Wildman–Crippen LogP) is 14.6. The monoisotopic (exact) mass is 732 g/mol. The highest BCUT2D eigenvalue weighted by molar-refractivity contribution is 7.99. The Morgan fingerprint density at radius 1 is 0.321 bits per heavy atom. The molecule has 1 aliphatic carbocycles. The lowest BCUT2D eigenvalue weighted by atomic mass is 9.66. The molecule has 0 saturated heterocycles. The van der Waals surface area contributed by atoms with Crippen molar-refractivity contribution in [3.05, 3.63) is 241 Å². The molecule has 0 bridgehead atoms. The molecule has 0 radical (unpaired) electrons. The van der Waals surface area contributed by atoms with Gasteiger partial charge in [0.2, 0.25) is 0 Å². The smallest absolute Gasteiger partial charge is 0.0741 e. The van der Waals surface area contributed by atoms with Crippen molar-refractivity contribution in [2.75, 3.05) is 9.80 Å². The Labute approximate surface area is 332 Å². The summed E-state index contributed by atoms with van der Waals surface area (Å²) >= 11 is 1.90. The molecule has 9 aromatic carbocycles. The van der Waals surface area contributed by atoms with Crippen LogP contribution in [-0.2, 0) is 5.41 Å². The van der Waals surface area contributed by atoms with E-state index >= 15 is 0 Å². The van der Waals surface area contributed by atoms with E-state index in [0.29, 0.717) is 0 Å². The van der Waals surface area contributed by atoms with Gasteiger partial charge in [0.05, 0.1) is 5.41 Å². The van der Waals surface area contributed by atoms with Gasteiger partial charge in [-0.2, -0.15) is 0 Å². The summed E-state index contributed by atoms with van der Waals surface area (Å²) in [6, 6.07) is 79.9. The van der Waals surface area contributed by atoms with Crippen molar-refractivity contribution < 1.29 is 0 Å². The molecule has 56 heavy (non-hydrogen) atoms. The van der Waals surface area contributed by atoms with Crippen molar-refractivity contribution in [2.45, 2.75) is 15.2 Å². The molecule has 9 aromatic rings. The highest BCUT2D eigenvalue weighted by atomic mass is 32.2. The maximum absolute atomic E-state index is 2.43. The van der Waals surface area contributed by atoms with Gasteiger partial charge < -0.3 is 9.80 Å².